The molecule has 0 saturated carbocycles. The van der Waals surface area contributed by atoms with Gasteiger partial charge < -0.3 is 30.1 Å². The number of hydrogen-bond acceptors (Lipinski definition) is 10. The topological polar surface area (TPSA) is 217 Å². The van der Waals surface area contributed by atoms with E-state index in [9.17, 15) is 28.8 Å². The Kier molecular flexibility index (Phi) is 17.7. The van der Waals surface area contributed by atoms with Gasteiger partial charge in [0.25, 0.3) is 35.2 Å². The van der Waals surface area contributed by atoms with E-state index < -0.39 is 35.2 Å². The van der Waals surface area contributed by atoms with Crippen LogP contribution in [0.25, 0.3) is 21.8 Å². The van der Waals surface area contributed by atoms with Crippen LogP contribution in [0.2, 0.25) is 0 Å². The van der Waals surface area contributed by atoms with Crippen LogP contribution in [0.5, 0.6) is 11.5 Å². The van der Waals surface area contributed by atoms with Crippen molar-refractivity contribution in [3.8, 4) is 11.5 Å². The Hall–Kier alpha value is -8.86. The van der Waals surface area contributed by atoms with Gasteiger partial charge in [0.2, 0.25) is 0 Å². The summed E-state index contributed by atoms with van der Waals surface area (Å²) in [6.07, 6.45) is 0.980. The summed E-state index contributed by atoms with van der Waals surface area (Å²) in [5.74, 6) is -3.97. The van der Waals surface area contributed by atoms with Crippen molar-refractivity contribution >= 4 is 57.0 Å². The first kappa shape index (κ1) is 52.0. The molecular formula is C57H56N6O10. The van der Waals surface area contributed by atoms with Crippen LogP contribution >= 0.6 is 0 Å². The predicted molar refractivity (Wildman–Crippen MR) is 275 cm³/mol. The van der Waals surface area contributed by atoms with Gasteiger partial charge in [-0.05, 0) is 59.4 Å². The van der Waals surface area contributed by atoms with Crippen LogP contribution in [0, 0.1) is 0 Å². The van der Waals surface area contributed by atoms with E-state index in [-0.39, 0.29) is 37.6 Å². The van der Waals surface area contributed by atoms with Gasteiger partial charge in [0, 0.05) is 31.5 Å². The van der Waals surface area contributed by atoms with Gasteiger partial charge in [-0.3, -0.25) is 38.4 Å². The molecule has 16 heteroatoms. The summed E-state index contributed by atoms with van der Waals surface area (Å²) in [6, 6.07) is 49.1. The van der Waals surface area contributed by atoms with Crippen LogP contribution in [0.3, 0.4) is 0 Å². The Labute approximate surface area is 421 Å². The number of Topliss-reactive ketones (excluding diaryl/α,β-unsaturated/α-hetero) is 2. The van der Waals surface area contributed by atoms with Gasteiger partial charge in [0.15, 0.2) is 13.2 Å². The summed E-state index contributed by atoms with van der Waals surface area (Å²) >= 11 is 0. The number of likely N-dealkylation sites (N-methyl/N-ethyl adjacent to an activating group) is 1. The molecule has 0 radical (unpaired) electrons. The summed E-state index contributed by atoms with van der Waals surface area (Å²) < 4.78 is 15.7. The quantitative estimate of drug-likeness (QED) is 0.0347. The maximum absolute atomic E-state index is 13.0. The molecule has 73 heavy (non-hydrogen) atoms. The van der Waals surface area contributed by atoms with Crippen molar-refractivity contribution in [2.75, 3.05) is 20.3 Å². The van der Waals surface area contributed by atoms with Crippen LogP contribution in [0.1, 0.15) is 68.2 Å². The largest absolute Gasteiger partial charge is 0.483 e. The zero-order chi connectivity index (χ0) is 51.9. The number of carbonyl (C=O) groups excluding carboxylic acids is 6. The molecule has 8 rings (SSSR count). The number of nitrogens with zero attached hydrogens (tertiary/aromatic N) is 3. The highest BCUT2D eigenvalue weighted by molar-refractivity contribution is 6.45. The Morgan fingerprint density at radius 1 is 0.507 bits per heavy atom. The minimum Gasteiger partial charge on any atom is -0.483 e. The lowest BCUT2D eigenvalue weighted by atomic mass is 10.0. The van der Waals surface area contributed by atoms with Crippen LogP contribution in [0.15, 0.2) is 158 Å². The van der Waals surface area contributed by atoms with E-state index in [0.717, 1.165) is 27.3 Å². The summed E-state index contributed by atoms with van der Waals surface area (Å²) in [4.78, 5) is 85.7. The summed E-state index contributed by atoms with van der Waals surface area (Å²) in [5.41, 5.74) is 20.2. The van der Waals surface area contributed by atoms with E-state index >= 15 is 0 Å². The van der Waals surface area contributed by atoms with Crippen LogP contribution in [0.4, 0.5) is 0 Å². The minimum absolute atomic E-state index is 0.201. The number of hydroxylamine groups is 3. The Morgan fingerprint density at radius 3 is 1.32 bits per heavy atom. The van der Waals surface area contributed by atoms with Crippen LogP contribution in [-0.4, -0.2) is 69.7 Å². The average molecular weight is 985 g/mol. The molecule has 0 spiro atoms. The summed E-state index contributed by atoms with van der Waals surface area (Å²) in [5, 5.41) is 2.03. The number of carbonyl (C=O) groups is 6. The fourth-order valence-electron chi connectivity index (χ4n) is 8.44. The number of nitrogens with two attached hydrogens (primary N) is 2. The third-order valence-corrected chi connectivity index (χ3v) is 11.9. The molecule has 0 saturated heterocycles. The second-order valence-corrected chi connectivity index (χ2v) is 16.7. The van der Waals surface area contributed by atoms with Gasteiger partial charge in [0.1, 0.15) is 18.1 Å². The molecule has 0 unspecified atom stereocenters. The highest BCUT2D eigenvalue weighted by Gasteiger charge is 2.29. The van der Waals surface area contributed by atoms with Gasteiger partial charge >= 0.3 is 0 Å². The summed E-state index contributed by atoms with van der Waals surface area (Å²) in [7, 11) is 1.52. The molecule has 4 amide bonds. The van der Waals surface area contributed by atoms with E-state index in [0.29, 0.717) is 70.6 Å². The Morgan fingerprint density at radius 2 is 0.904 bits per heavy atom. The Balaban J connectivity index is 0.000000214. The van der Waals surface area contributed by atoms with Gasteiger partial charge in [-0.1, -0.05) is 147 Å². The monoisotopic (exact) mass is 984 g/mol. The number of benzene rings is 6. The molecule has 0 bridgehead atoms. The number of nitrogens with one attached hydrogen (secondary N) is 1. The molecular weight excluding hydrogens is 929 g/mol. The molecule has 0 aliphatic rings. The normalized spacial score (nSPS) is 10.8. The van der Waals surface area contributed by atoms with Crippen molar-refractivity contribution in [1.29, 1.82) is 0 Å². The zero-order valence-corrected chi connectivity index (χ0v) is 40.7. The van der Waals surface area contributed by atoms with Gasteiger partial charge in [-0.15, -0.1) is 0 Å². The lowest BCUT2D eigenvalue weighted by molar-refractivity contribution is -0.184. The van der Waals surface area contributed by atoms with Gasteiger partial charge in [-0.25, -0.2) is 10.5 Å². The molecule has 5 N–H and O–H groups in total. The molecule has 0 aliphatic heterocycles. The number of aromatic nitrogens is 2. The standard InChI is InChI=1S/C29H29N3O5.C28H27N3O5/c1-3-22-27(28(34)29(30)35)26-23(32(22)17-20-11-6-4-7-12-20)15-10-16-24(26)36-19-25(33)31(2)37-18-21-13-8-5-9-14-21;1-2-21-26(27(33)28(29)34)25-22(31(21)16-19-10-5-3-6-11-19)14-9-15-23(25)35-18-24(32)30-36-17-20-12-7-4-8-13-20/h4-16H,3,17-19H2,1-2H3,(H2,30,35);3-15H,2,16-18H2,1H3,(H2,29,34)(H,30,32). The average Bonchev–Trinajstić information content (AvgIpc) is 3.91. The number of rotatable bonds is 22. The molecule has 0 aliphatic carbocycles. The van der Waals surface area contributed by atoms with Gasteiger partial charge in [0.05, 0.1) is 39.5 Å². The third kappa shape index (κ3) is 12.7. The van der Waals surface area contributed by atoms with E-state index in [1.807, 2.05) is 156 Å². The van der Waals surface area contributed by atoms with Crippen LogP contribution in [-0.2, 0) is 68.0 Å². The fraction of sp³-hybridized carbons (Fsp3) is 0.193. The molecule has 374 valence electrons. The number of ketones is 2. The minimum atomic E-state index is -1.05. The first-order valence-electron chi connectivity index (χ1n) is 23.6. The first-order valence-corrected chi connectivity index (χ1v) is 23.6. The molecule has 0 atom stereocenters. The highest BCUT2D eigenvalue weighted by Crippen LogP contribution is 2.37. The van der Waals surface area contributed by atoms with Crippen LogP contribution < -0.4 is 26.4 Å². The second kappa shape index (κ2) is 24.8. The number of hydrogen-bond donors (Lipinski definition) is 3. The number of fused-ring (bicyclic) bond motifs is 2. The second-order valence-electron chi connectivity index (χ2n) is 16.7. The third-order valence-electron chi connectivity index (χ3n) is 11.9. The predicted octanol–water partition coefficient (Wildman–Crippen LogP) is 7.44. The maximum Gasteiger partial charge on any atom is 0.289 e. The van der Waals surface area contributed by atoms with E-state index in [1.165, 1.54) is 7.05 Å². The first-order chi connectivity index (χ1) is 35.4. The maximum atomic E-state index is 13.0. The molecule has 2 heterocycles. The molecule has 8 aromatic rings. The van der Waals surface area contributed by atoms with Crippen molar-refractivity contribution in [3.05, 3.63) is 202 Å². The fourth-order valence-corrected chi connectivity index (χ4v) is 8.44. The van der Waals surface area contributed by atoms with Crippen molar-refractivity contribution in [2.24, 2.45) is 11.5 Å². The number of primary amides is 2. The molecule has 2 aromatic heterocycles. The molecule has 0 fully saturated rings. The van der Waals surface area contributed by atoms with E-state index in [2.05, 4.69) is 5.48 Å². The summed E-state index contributed by atoms with van der Waals surface area (Å²) in [6.45, 7) is 4.58. The lowest BCUT2D eigenvalue weighted by Gasteiger charge is -2.17. The van der Waals surface area contributed by atoms with Crippen molar-refractivity contribution in [3.63, 3.8) is 0 Å². The number of ether oxygens (including phenoxy) is 2. The van der Waals surface area contributed by atoms with Crippen molar-refractivity contribution in [2.45, 2.75) is 53.0 Å². The zero-order valence-electron chi connectivity index (χ0n) is 40.7. The van der Waals surface area contributed by atoms with Crippen molar-refractivity contribution < 1.29 is 47.9 Å². The molecule has 16 nitrogen and oxygen atoms in total. The molecule has 6 aromatic carbocycles. The lowest BCUT2D eigenvalue weighted by Crippen LogP contribution is -2.31. The van der Waals surface area contributed by atoms with E-state index in [1.54, 1.807) is 24.3 Å². The highest BCUT2D eigenvalue weighted by atomic mass is 16.7. The van der Waals surface area contributed by atoms with Crippen molar-refractivity contribution in [1.82, 2.24) is 19.7 Å². The van der Waals surface area contributed by atoms with E-state index in [4.69, 9.17) is 30.6 Å². The number of amides is 4. The smallest absolute Gasteiger partial charge is 0.289 e. The SMILES string of the molecule is CCc1c(C(=O)C(N)=O)c2c(OCC(=O)N(C)OCc3ccccc3)cccc2n1Cc1ccccc1.CCc1c(C(=O)C(N)=O)c2c(OCC(=O)NOCc3ccccc3)cccc2n1Cc1ccccc1. The Bertz CT molecular complexity index is 3230. The van der Waals surface area contributed by atoms with Gasteiger partial charge in [-0.2, -0.15) is 0 Å².